The Balaban J connectivity index is 1.02. The van der Waals surface area contributed by atoms with Crippen LogP contribution in [0, 0.1) is 20.8 Å². The van der Waals surface area contributed by atoms with Crippen LogP contribution < -0.4 is 4.74 Å². The van der Waals surface area contributed by atoms with Gasteiger partial charge in [-0.25, -0.2) is 15.0 Å². The number of benzene rings is 8. The lowest BCUT2D eigenvalue weighted by atomic mass is 9.88. The topological polar surface area (TPSA) is 96.9 Å². The summed E-state index contributed by atoms with van der Waals surface area (Å²) in [7, 11) is 0. The Morgan fingerprint density at radius 3 is 1.46 bits per heavy atom. The van der Waals surface area contributed by atoms with Gasteiger partial charge >= 0.3 is 0 Å². The van der Waals surface area contributed by atoms with Crippen LogP contribution in [0.1, 0.15) is 118 Å². The van der Waals surface area contributed by atoms with Gasteiger partial charge in [0.05, 0.1) is 55.5 Å². The van der Waals surface area contributed by atoms with Crippen molar-refractivity contribution >= 4 is 66.1 Å². The molecule has 0 unspecified atom stereocenters. The Labute approximate surface area is 489 Å². The van der Waals surface area contributed by atoms with Crippen LogP contribution in [0.4, 0.5) is 0 Å². The van der Waals surface area contributed by atoms with Crippen molar-refractivity contribution in [2.24, 2.45) is 0 Å². The number of imidazole rings is 2. The van der Waals surface area contributed by atoms with Gasteiger partial charge in [-0.2, -0.15) is 0 Å². The van der Waals surface area contributed by atoms with Gasteiger partial charge in [0.25, 0.3) is 0 Å². The van der Waals surface area contributed by atoms with Crippen molar-refractivity contribution < 1.29 is 13.6 Å². The quantitative estimate of drug-likeness (QED) is 0.120. The maximum atomic E-state index is 7.33. The molecule has 6 aromatic heterocycles. The molecular weight excluding hydrogens is 1030 g/mol. The molecule has 0 radical (unpaired) electrons. The van der Waals surface area contributed by atoms with E-state index in [1.54, 1.807) is 0 Å². The van der Waals surface area contributed by atoms with E-state index in [0.717, 1.165) is 89.0 Å². The molecule has 9 heteroatoms. The Hall–Kier alpha value is -9.60. The summed E-state index contributed by atoms with van der Waals surface area (Å²) < 4.78 is 26.0. The minimum Gasteiger partial charge on any atom is -0.457 e. The maximum Gasteiger partial charge on any atom is 0.228 e. The van der Waals surface area contributed by atoms with Crippen LogP contribution in [-0.4, -0.2) is 29.1 Å². The molecule has 84 heavy (non-hydrogen) atoms. The van der Waals surface area contributed by atoms with Crippen molar-refractivity contribution in [2.75, 3.05) is 0 Å². The van der Waals surface area contributed by atoms with Gasteiger partial charge in [-0.05, 0) is 162 Å². The molecule has 0 saturated carbocycles. The molecule has 0 aliphatic carbocycles. The molecule has 0 saturated heterocycles. The average molecular weight is 1100 g/mol. The number of aryl methyl sites for hydroxylation is 3. The third-order valence-electron chi connectivity index (χ3n) is 16.8. The third kappa shape index (κ3) is 8.66. The molecule has 0 aliphatic rings. The molecule has 0 atom stereocenters. The Morgan fingerprint density at radius 1 is 0.393 bits per heavy atom. The highest BCUT2D eigenvalue weighted by Gasteiger charge is 2.30. The fourth-order valence-corrected chi connectivity index (χ4v) is 12.8. The summed E-state index contributed by atoms with van der Waals surface area (Å²) in [4.78, 5) is 21.1. The van der Waals surface area contributed by atoms with Crippen LogP contribution in [0.3, 0.4) is 0 Å². The van der Waals surface area contributed by atoms with Gasteiger partial charge in [0.2, 0.25) is 5.71 Å². The van der Waals surface area contributed by atoms with Gasteiger partial charge in [0.15, 0.2) is 5.58 Å². The number of nitrogens with zero attached hydrogens (tertiary/aromatic N) is 6. The predicted molar refractivity (Wildman–Crippen MR) is 345 cm³/mol. The molecule has 14 rings (SSSR count). The molecule has 414 valence electrons. The molecule has 0 spiro atoms. The zero-order valence-corrected chi connectivity index (χ0v) is 49.5. The number of aromatic nitrogens is 6. The summed E-state index contributed by atoms with van der Waals surface area (Å²) in [5.41, 5.74) is 22.6. The molecule has 0 N–H and O–H groups in total. The standard InChI is InChI=1S/C75H66N6O3/c1-41(2)55-35-51(48-23-14-12-15-24-48)36-56(42(3)4)69(55)80-63-31-20-18-29-61(63)78-73(80)50-27-22-28-53(34-50)82-54-39-59-67-68-66-46(10)76-45(9)33-65(66)83-75(68)77-47(11)71(67)84-72(59)60(40-54)74-79-62-30-19-21-32-64(62)81(74)70-57(43(5)6)37-52(38-58(70)44(7)8)49-25-16-13-17-26-49/h12-44H,1-11H3. The van der Waals surface area contributed by atoms with E-state index in [0.29, 0.717) is 34.1 Å². The van der Waals surface area contributed by atoms with Gasteiger partial charge in [-0.1, -0.05) is 152 Å². The second-order valence-electron chi connectivity index (χ2n) is 23.9. The number of pyridine rings is 2. The SMILES string of the molecule is Cc1cc2oc3nc(C)c4oc5c(-c6nc7ccccc7n6-c6c(C(C)C)cc(-c7ccccc7)cc6C(C)C)cc(Oc6cccc(-c7nc8ccccc8n7-c7c(C(C)C)cc(-c8ccccc8)cc7C(C)C)c6)cc5c4c3c2c(C)n1. The Bertz CT molecular complexity index is 4860. The number of fused-ring (bicyclic) bond motifs is 9. The lowest BCUT2D eigenvalue weighted by Crippen LogP contribution is -2.09. The minimum atomic E-state index is 0.163. The van der Waals surface area contributed by atoms with Gasteiger partial charge in [0, 0.05) is 33.8 Å². The minimum absolute atomic E-state index is 0.163. The van der Waals surface area contributed by atoms with Crippen LogP contribution in [0.25, 0.3) is 122 Å². The van der Waals surface area contributed by atoms with Crippen molar-refractivity contribution in [3.05, 3.63) is 215 Å². The largest absolute Gasteiger partial charge is 0.457 e. The summed E-state index contributed by atoms with van der Waals surface area (Å²) in [6.07, 6.45) is 0. The number of rotatable bonds is 12. The fourth-order valence-electron chi connectivity index (χ4n) is 12.8. The molecular formula is C75H66N6O3. The molecule has 14 aromatic rings. The van der Waals surface area contributed by atoms with E-state index >= 15 is 0 Å². The van der Waals surface area contributed by atoms with E-state index in [2.05, 4.69) is 228 Å². The highest BCUT2D eigenvalue weighted by molar-refractivity contribution is 6.27. The van der Waals surface area contributed by atoms with E-state index in [1.807, 2.05) is 32.9 Å². The van der Waals surface area contributed by atoms with Gasteiger partial charge in [-0.3, -0.25) is 14.1 Å². The zero-order chi connectivity index (χ0) is 57.8. The predicted octanol–water partition coefficient (Wildman–Crippen LogP) is 20.8. The summed E-state index contributed by atoms with van der Waals surface area (Å²) in [5.74, 6) is 3.59. The van der Waals surface area contributed by atoms with Crippen LogP contribution in [0.2, 0.25) is 0 Å². The van der Waals surface area contributed by atoms with E-state index in [-0.39, 0.29) is 23.7 Å². The van der Waals surface area contributed by atoms with Crippen molar-refractivity contribution in [1.29, 1.82) is 0 Å². The third-order valence-corrected chi connectivity index (χ3v) is 16.8. The first-order valence-corrected chi connectivity index (χ1v) is 29.5. The number of ether oxygens (including phenoxy) is 1. The highest BCUT2D eigenvalue weighted by Crippen LogP contribution is 2.49. The second kappa shape index (κ2) is 20.4. The molecule has 0 aliphatic heterocycles. The summed E-state index contributed by atoms with van der Waals surface area (Å²) >= 11 is 0. The lowest BCUT2D eigenvalue weighted by Gasteiger charge is -2.24. The maximum absolute atomic E-state index is 7.33. The van der Waals surface area contributed by atoms with E-state index in [9.17, 15) is 0 Å². The first kappa shape index (κ1) is 52.5. The molecule has 0 bridgehead atoms. The molecule has 8 aromatic carbocycles. The van der Waals surface area contributed by atoms with Crippen LogP contribution in [0.5, 0.6) is 11.5 Å². The van der Waals surface area contributed by atoms with Gasteiger partial charge < -0.3 is 13.6 Å². The van der Waals surface area contributed by atoms with Crippen LogP contribution in [-0.2, 0) is 0 Å². The van der Waals surface area contributed by atoms with Crippen LogP contribution >= 0.6 is 0 Å². The number of para-hydroxylation sites is 4. The van der Waals surface area contributed by atoms with Crippen LogP contribution in [0.15, 0.2) is 185 Å². The summed E-state index contributed by atoms with van der Waals surface area (Å²) in [5, 5.41) is 3.49. The lowest BCUT2D eigenvalue weighted by molar-refractivity contribution is 0.483. The Morgan fingerprint density at radius 2 is 0.905 bits per heavy atom. The van der Waals surface area contributed by atoms with Crippen molar-refractivity contribution in [3.63, 3.8) is 0 Å². The van der Waals surface area contributed by atoms with Crippen molar-refractivity contribution in [2.45, 2.75) is 99.8 Å². The average Bonchev–Trinajstić information content (AvgIpc) is 2.41. The smallest absolute Gasteiger partial charge is 0.228 e. The molecule has 6 heterocycles. The Kier molecular flexibility index (Phi) is 12.7. The molecule has 0 fully saturated rings. The van der Waals surface area contributed by atoms with E-state index in [1.165, 1.54) is 50.2 Å². The second-order valence-corrected chi connectivity index (χ2v) is 23.9. The number of hydrogen-bond acceptors (Lipinski definition) is 7. The van der Waals surface area contributed by atoms with E-state index in [4.69, 9.17) is 33.5 Å². The highest BCUT2D eigenvalue weighted by atomic mass is 16.5. The zero-order valence-electron chi connectivity index (χ0n) is 49.5. The monoisotopic (exact) mass is 1100 g/mol. The number of furan rings is 2. The fraction of sp³-hybridized carbons (Fsp3) is 0.200. The first-order valence-electron chi connectivity index (χ1n) is 29.5. The summed E-state index contributed by atoms with van der Waals surface area (Å²) in [6.45, 7) is 24.3. The van der Waals surface area contributed by atoms with Crippen molar-refractivity contribution in [3.8, 4) is 67.9 Å². The van der Waals surface area contributed by atoms with E-state index < -0.39 is 0 Å². The number of hydrogen-bond donors (Lipinski definition) is 0. The molecule has 9 nitrogen and oxygen atoms in total. The molecule has 0 amide bonds. The normalized spacial score (nSPS) is 12.2. The van der Waals surface area contributed by atoms with Gasteiger partial charge in [-0.15, -0.1) is 0 Å². The summed E-state index contributed by atoms with van der Waals surface area (Å²) in [6, 6.07) is 62.4. The first-order chi connectivity index (χ1) is 40.7. The van der Waals surface area contributed by atoms with Crippen molar-refractivity contribution in [1.82, 2.24) is 29.1 Å². The van der Waals surface area contributed by atoms with Gasteiger partial charge in [0.1, 0.15) is 34.3 Å².